The SMILES string of the molecule is CCCC1CON=C(C)S1. The Morgan fingerprint density at radius 2 is 2.60 bits per heavy atom. The van der Waals surface area contributed by atoms with Gasteiger partial charge in [0.25, 0.3) is 0 Å². The van der Waals surface area contributed by atoms with Crippen LogP contribution in [0.4, 0.5) is 0 Å². The summed E-state index contributed by atoms with van der Waals surface area (Å²) < 4.78 is 0. The Balaban J connectivity index is 2.30. The quantitative estimate of drug-likeness (QED) is 0.616. The molecule has 0 N–H and O–H groups in total. The van der Waals surface area contributed by atoms with Crippen molar-refractivity contribution in [1.82, 2.24) is 0 Å². The molecule has 0 bridgehead atoms. The molecular weight excluding hydrogens is 146 g/mol. The molecule has 3 heteroatoms. The van der Waals surface area contributed by atoms with Gasteiger partial charge in [0, 0.05) is 5.25 Å². The van der Waals surface area contributed by atoms with E-state index in [0.717, 1.165) is 11.7 Å². The van der Waals surface area contributed by atoms with E-state index in [2.05, 4.69) is 12.1 Å². The van der Waals surface area contributed by atoms with Crippen LogP contribution in [-0.4, -0.2) is 16.9 Å². The first-order chi connectivity index (χ1) is 4.83. The maximum absolute atomic E-state index is 5.01. The lowest BCUT2D eigenvalue weighted by atomic mass is 10.2. The van der Waals surface area contributed by atoms with Crippen molar-refractivity contribution in [2.45, 2.75) is 31.9 Å². The second-order valence-electron chi connectivity index (χ2n) is 2.43. The van der Waals surface area contributed by atoms with Crippen molar-refractivity contribution in [3.63, 3.8) is 0 Å². The van der Waals surface area contributed by atoms with E-state index in [-0.39, 0.29) is 0 Å². The highest BCUT2D eigenvalue weighted by Crippen LogP contribution is 2.22. The van der Waals surface area contributed by atoms with Gasteiger partial charge in [0.1, 0.15) is 11.7 Å². The number of hydrogen-bond donors (Lipinski definition) is 0. The van der Waals surface area contributed by atoms with Crippen molar-refractivity contribution in [3.8, 4) is 0 Å². The van der Waals surface area contributed by atoms with Gasteiger partial charge in [-0.3, -0.25) is 0 Å². The summed E-state index contributed by atoms with van der Waals surface area (Å²) in [5.74, 6) is 0. The minimum absolute atomic E-state index is 0.641. The van der Waals surface area contributed by atoms with E-state index in [0.29, 0.717) is 5.25 Å². The Labute approximate surface area is 66.0 Å². The van der Waals surface area contributed by atoms with Gasteiger partial charge in [-0.05, 0) is 13.3 Å². The standard InChI is InChI=1S/C7H13NOS/c1-3-4-7-5-9-8-6(2)10-7/h7H,3-5H2,1-2H3. The Kier molecular flexibility index (Phi) is 3.06. The molecule has 1 atom stereocenters. The zero-order chi connectivity index (χ0) is 7.40. The first-order valence-corrected chi connectivity index (χ1v) is 4.54. The van der Waals surface area contributed by atoms with Gasteiger partial charge in [0.2, 0.25) is 0 Å². The summed E-state index contributed by atoms with van der Waals surface area (Å²) in [6.07, 6.45) is 2.46. The lowest BCUT2D eigenvalue weighted by Crippen LogP contribution is -2.16. The summed E-state index contributed by atoms with van der Waals surface area (Å²) in [6, 6.07) is 0. The van der Waals surface area contributed by atoms with Crippen molar-refractivity contribution in [2.24, 2.45) is 5.16 Å². The highest BCUT2D eigenvalue weighted by molar-refractivity contribution is 8.14. The second-order valence-corrected chi connectivity index (χ2v) is 3.93. The Morgan fingerprint density at radius 1 is 1.80 bits per heavy atom. The van der Waals surface area contributed by atoms with E-state index < -0.39 is 0 Å². The van der Waals surface area contributed by atoms with Crippen LogP contribution in [0.1, 0.15) is 26.7 Å². The molecule has 10 heavy (non-hydrogen) atoms. The van der Waals surface area contributed by atoms with Crippen LogP contribution >= 0.6 is 11.8 Å². The number of hydrogen-bond acceptors (Lipinski definition) is 3. The van der Waals surface area contributed by atoms with Gasteiger partial charge in [0.15, 0.2) is 0 Å². The molecule has 58 valence electrons. The van der Waals surface area contributed by atoms with Crippen LogP contribution in [0.3, 0.4) is 0 Å². The summed E-state index contributed by atoms with van der Waals surface area (Å²) in [4.78, 5) is 5.01. The Bertz CT molecular complexity index is 136. The van der Waals surface area contributed by atoms with Crippen molar-refractivity contribution in [1.29, 1.82) is 0 Å². The highest BCUT2D eigenvalue weighted by Gasteiger charge is 2.14. The molecule has 0 spiro atoms. The normalized spacial score (nSPS) is 25.4. The largest absolute Gasteiger partial charge is 0.394 e. The molecule has 1 rings (SSSR count). The number of rotatable bonds is 2. The lowest BCUT2D eigenvalue weighted by molar-refractivity contribution is 0.141. The molecule has 1 unspecified atom stereocenters. The van der Waals surface area contributed by atoms with Crippen LogP contribution in [0.5, 0.6) is 0 Å². The van der Waals surface area contributed by atoms with Gasteiger partial charge in [-0.2, -0.15) is 0 Å². The molecule has 1 heterocycles. The third kappa shape index (κ3) is 2.21. The van der Waals surface area contributed by atoms with Gasteiger partial charge < -0.3 is 4.84 Å². The average molecular weight is 159 g/mol. The van der Waals surface area contributed by atoms with E-state index in [9.17, 15) is 0 Å². The third-order valence-corrected chi connectivity index (χ3v) is 2.52. The van der Waals surface area contributed by atoms with E-state index in [1.807, 2.05) is 18.7 Å². The molecular formula is C7H13NOS. The predicted octanol–water partition coefficient (Wildman–Crippen LogP) is 2.25. The smallest absolute Gasteiger partial charge is 0.129 e. The third-order valence-electron chi connectivity index (χ3n) is 1.40. The van der Waals surface area contributed by atoms with Crippen LogP contribution in [0, 0.1) is 0 Å². The fraction of sp³-hybridized carbons (Fsp3) is 0.857. The zero-order valence-corrected chi connectivity index (χ0v) is 7.28. The van der Waals surface area contributed by atoms with Crippen molar-refractivity contribution in [3.05, 3.63) is 0 Å². The molecule has 1 aliphatic heterocycles. The molecule has 2 nitrogen and oxygen atoms in total. The maximum atomic E-state index is 5.01. The molecule has 0 aromatic carbocycles. The monoisotopic (exact) mass is 159 g/mol. The summed E-state index contributed by atoms with van der Waals surface area (Å²) in [5, 5.41) is 5.54. The minimum Gasteiger partial charge on any atom is -0.394 e. The van der Waals surface area contributed by atoms with Crippen LogP contribution in [0.15, 0.2) is 5.16 Å². The molecule has 0 aliphatic carbocycles. The van der Waals surface area contributed by atoms with Crippen molar-refractivity contribution < 1.29 is 4.84 Å². The Morgan fingerprint density at radius 3 is 3.20 bits per heavy atom. The van der Waals surface area contributed by atoms with Crippen molar-refractivity contribution in [2.75, 3.05) is 6.61 Å². The van der Waals surface area contributed by atoms with Crippen LogP contribution < -0.4 is 0 Å². The molecule has 0 fully saturated rings. The van der Waals surface area contributed by atoms with Gasteiger partial charge in [-0.1, -0.05) is 18.5 Å². The molecule has 1 aliphatic rings. The summed E-state index contributed by atoms with van der Waals surface area (Å²) >= 11 is 1.84. The summed E-state index contributed by atoms with van der Waals surface area (Å²) in [7, 11) is 0. The fourth-order valence-corrected chi connectivity index (χ4v) is 2.03. The maximum Gasteiger partial charge on any atom is 0.129 e. The number of nitrogens with zero attached hydrogens (tertiary/aromatic N) is 1. The topological polar surface area (TPSA) is 21.6 Å². The van der Waals surface area contributed by atoms with Gasteiger partial charge in [-0.15, -0.1) is 11.8 Å². The van der Waals surface area contributed by atoms with E-state index in [4.69, 9.17) is 4.84 Å². The first-order valence-electron chi connectivity index (χ1n) is 3.66. The first kappa shape index (κ1) is 7.92. The van der Waals surface area contributed by atoms with Gasteiger partial charge >= 0.3 is 0 Å². The van der Waals surface area contributed by atoms with E-state index in [1.165, 1.54) is 12.8 Å². The average Bonchev–Trinajstić information content (AvgIpc) is 1.88. The number of oxime groups is 1. The summed E-state index contributed by atoms with van der Waals surface area (Å²) in [6.45, 7) is 4.98. The van der Waals surface area contributed by atoms with Crippen LogP contribution in [0.2, 0.25) is 0 Å². The van der Waals surface area contributed by atoms with Gasteiger partial charge in [0.05, 0.1) is 0 Å². The fourth-order valence-electron chi connectivity index (χ4n) is 0.972. The molecule has 0 amide bonds. The molecule has 0 aromatic rings. The van der Waals surface area contributed by atoms with Crippen LogP contribution in [0.25, 0.3) is 0 Å². The molecule has 0 saturated carbocycles. The summed E-state index contributed by atoms with van der Waals surface area (Å²) in [5.41, 5.74) is 0. The minimum atomic E-state index is 0.641. The Hall–Kier alpha value is -0.180. The second kappa shape index (κ2) is 3.86. The lowest BCUT2D eigenvalue weighted by Gasteiger charge is -2.17. The molecule has 0 aromatic heterocycles. The predicted molar refractivity (Wildman–Crippen MR) is 45.3 cm³/mol. The van der Waals surface area contributed by atoms with E-state index in [1.54, 1.807) is 0 Å². The van der Waals surface area contributed by atoms with Crippen molar-refractivity contribution >= 4 is 16.8 Å². The van der Waals surface area contributed by atoms with E-state index >= 15 is 0 Å². The van der Waals surface area contributed by atoms with Crippen LogP contribution in [-0.2, 0) is 4.84 Å². The molecule has 0 saturated heterocycles. The zero-order valence-electron chi connectivity index (χ0n) is 6.46. The highest BCUT2D eigenvalue weighted by atomic mass is 32.2. The molecule has 0 radical (unpaired) electrons. The number of thioether (sulfide) groups is 1. The van der Waals surface area contributed by atoms with Gasteiger partial charge in [-0.25, -0.2) is 0 Å².